The number of aliphatic hydroxyl groups excluding tert-OH is 1. The van der Waals surface area contributed by atoms with Gasteiger partial charge in [0, 0.05) is 10.8 Å². The Hall–Kier alpha value is -4.24. The van der Waals surface area contributed by atoms with Gasteiger partial charge in [-0.2, -0.15) is 0 Å². The number of benzene rings is 1. The third-order valence-corrected chi connectivity index (χ3v) is 7.75. The summed E-state index contributed by atoms with van der Waals surface area (Å²) in [5.41, 5.74) is 2.78. The van der Waals surface area contributed by atoms with Crippen LogP contribution in [0.1, 0.15) is 89.7 Å². The number of carbonyl (C=O) groups is 2. The number of aromatic nitrogens is 4. The van der Waals surface area contributed by atoms with Crippen LogP contribution >= 0.6 is 22.7 Å². The Labute approximate surface area is 268 Å². The highest BCUT2D eigenvalue weighted by molar-refractivity contribution is 7.13. The van der Waals surface area contributed by atoms with E-state index in [9.17, 15) is 14.7 Å². The summed E-state index contributed by atoms with van der Waals surface area (Å²) in [5, 5.41) is 13.9. The first-order valence-electron chi connectivity index (χ1n) is 14.1. The molecule has 1 aromatic carbocycles. The number of nitrogens with zero attached hydrogens (tertiary/aromatic N) is 4. The summed E-state index contributed by atoms with van der Waals surface area (Å²) < 4.78 is 26.8. The number of esters is 2. The molecule has 45 heavy (non-hydrogen) atoms. The molecule has 4 heterocycles. The number of oxazole rings is 2. The van der Waals surface area contributed by atoms with Gasteiger partial charge in [0.2, 0.25) is 11.8 Å². The van der Waals surface area contributed by atoms with Crippen molar-refractivity contribution in [2.75, 3.05) is 13.2 Å². The van der Waals surface area contributed by atoms with E-state index < -0.39 is 18.0 Å². The first-order valence-corrected chi connectivity index (χ1v) is 15.9. The van der Waals surface area contributed by atoms with Gasteiger partial charge in [-0.25, -0.2) is 29.5 Å². The first-order chi connectivity index (χ1) is 21.6. The van der Waals surface area contributed by atoms with E-state index in [1.54, 1.807) is 38.5 Å². The minimum Gasteiger partial charge on any atom is -0.461 e. The zero-order valence-electron chi connectivity index (χ0n) is 25.7. The molecule has 0 spiro atoms. The van der Waals surface area contributed by atoms with Gasteiger partial charge in [0.15, 0.2) is 11.4 Å². The Morgan fingerprint density at radius 2 is 1.29 bits per heavy atom. The number of thiazole rings is 2. The summed E-state index contributed by atoms with van der Waals surface area (Å²) in [4.78, 5) is 40.5. The molecule has 0 saturated carbocycles. The molecular formula is C31H34N4O8S2. The van der Waals surface area contributed by atoms with Crippen LogP contribution < -0.4 is 0 Å². The van der Waals surface area contributed by atoms with Crippen molar-refractivity contribution in [1.82, 2.24) is 19.9 Å². The van der Waals surface area contributed by atoms with Crippen LogP contribution in [0.5, 0.6) is 0 Å². The molecule has 0 fully saturated rings. The molecule has 0 saturated heterocycles. The Balaban J connectivity index is 0.000000215. The highest BCUT2D eigenvalue weighted by Crippen LogP contribution is 2.31. The summed E-state index contributed by atoms with van der Waals surface area (Å²) in [6.07, 6.45) is -1.08. The number of hydrogen-bond donors (Lipinski definition) is 1. The number of rotatable bonds is 11. The van der Waals surface area contributed by atoms with Gasteiger partial charge < -0.3 is 28.2 Å². The van der Waals surface area contributed by atoms with Gasteiger partial charge >= 0.3 is 11.9 Å². The average molecular weight is 655 g/mol. The van der Waals surface area contributed by atoms with Crippen molar-refractivity contribution < 1.29 is 37.7 Å². The minimum atomic E-state index is -0.781. The van der Waals surface area contributed by atoms with Crippen molar-refractivity contribution >= 4 is 34.6 Å². The smallest absolute Gasteiger partial charge is 0.357 e. The van der Waals surface area contributed by atoms with Gasteiger partial charge in [0.1, 0.15) is 45.1 Å². The van der Waals surface area contributed by atoms with Crippen LogP contribution in [0.15, 0.2) is 49.9 Å². The van der Waals surface area contributed by atoms with Crippen molar-refractivity contribution in [2.24, 2.45) is 0 Å². The fourth-order valence-corrected chi connectivity index (χ4v) is 5.46. The van der Waals surface area contributed by atoms with E-state index in [1.807, 2.05) is 44.2 Å². The maximum Gasteiger partial charge on any atom is 0.357 e. The third kappa shape index (κ3) is 8.69. The predicted molar refractivity (Wildman–Crippen MR) is 167 cm³/mol. The lowest BCUT2D eigenvalue weighted by Crippen LogP contribution is -2.04. The molecule has 5 rings (SSSR count). The average Bonchev–Trinajstić information content (AvgIpc) is 3.83. The highest BCUT2D eigenvalue weighted by Gasteiger charge is 2.22. The Kier molecular flexibility index (Phi) is 11.7. The largest absolute Gasteiger partial charge is 0.461 e. The van der Waals surface area contributed by atoms with E-state index in [2.05, 4.69) is 19.9 Å². The number of aryl methyl sites for hydroxylation is 2. The summed E-state index contributed by atoms with van der Waals surface area (Å²) in [6, 6.07) is 9.92. The molecule has 0 aliphatic carbocycles. The van der Waals surface area contributed by atoms with E-state index in [1.165, 1.54) is 22.7 Å². The number of hydrogen-bond acceptors (Lipinski definition) is 14. The van der Waals surface area contributed by atoms with Gasteiger partial charge in [-0.1, -0.05) is 30.3 Å². The van der Waals surface area contributed by atoms with Crippen LogP contribution in [0.3, 0.4) is 0 Å². The molecule has 0 aliphatic heterocycles. The third-order valence-electron chi connectivity index (χ3n) is 6.06. The van der Waals surface area contributed by atoms with E-state index in [0.717, 1.165) is 5.56 Å². The second-order valence-electron chi connectivity index (χ2n) is 9.55. The van der Waals surface area contributed by atoms with Crippen molar-refractivity contribution in [2.45, 2.75) is 60.4 Å². The summed E-state index contributed by atoms with van der Waals surface area (Å²) in [5.74, 6) is 1.03. The second kappa shape index (κ2) is 15.7. The Bertz CT molecular complexity index is 1710. The standard InChI is InChI=1S/C19H20N2O4S.C12H14N2O4S/c1-4-23-19(22)15-11-26-18(20-15)16-12(2)25-17(21-16)13(3)24-10-14-8-6-5-7-9-14;1-4-17-12(16)8-5-19-11(13-8)9-7(3)18-10(14-9)6(2)15/h5-9,11,13H,4,10H2,1-3H3;5-6,15H,4H2,1-3H3. The normalized spacial score (nSPS) is 12.2. The molecule has 238 valence electrons. The molecule has 0 bridgehead atoms. The predicted octanol–water partition coefficient (Wildman–Crippen LogP) is 6.90. The molecule has 5 aromatic rings. The number of ether oxygens (including phenoxy) is 3. The summed E-state index contributed by atoms with van der Waals surface area (Å²) >= 11 is 2.61. The van der Waals surface area contributed by atoms with Crippen LogP contribution in [-0.2, 0) is 20.8 Å². The van der Waals surface area contributed by atoms with E-state index in [0.29, 0.717) is 58.6 Å². The van der Waals surface area contributed by atoms with Crippen LogP contribution in [0.2, 0.25) is 0 Å². The van der Waals surface area contributed by atoms with Gasteiger partial charge in [-0.05, 0) is 47.1 Å². The second-order valence-corrected chi connectivity index (χ2v) is 11.3. The Morgan fingerprint density at radius 3 is 1.76 bits per heavy atom. The molecule has 12 nitrogen and oxygen atoms in total. The number of carbonyl (C=O) groups excluding carboxylic acids is 2. The van der Waals surface area contributed by atoms with E-state index in [-0.39, 0.29) is 23.4 Å². The van der Waals surface area contributed by atoms with Crippen molar-refractivity contribution in [3.05, 3.63) is 81.3 Å². The topological polar surface area (TPSA) is 160 Å². The molecule has 0 radical (unpaired) electrons. The van der Waals surface area contributed by atoms with Crippen LogP contribution in [-0.4, -0.2) is 50.2 Å². The van der Waals surface area contributed by atoms with E-state index in [4.69, 9.17) is 23.0 Å². The van der Waals surface area contributed by atoms with E-state index >= 15 is 0 Å². The Morgan fingerprint density at radius 1 is 0.800 bits per heavy atom. The maximum absolute atomic E-state index is 11.8. The molecule has 1 N–H and O–H groups in total. The minimum absolute atomic E-state index is 0.236. The lowest BCUT2D eigenvalue weighted by molar-refractivity contribution is 0.0341. The fourth-order valence-electron chi connectivity index (χ4n) is 3.81. The van der Waals surface area contributed by atoms with Gasteiger partial charge in [-0.3, -0.25) is 0 Å². The zero-order valence-corrected chi connectivity index (χ0v) is 27.4. The van der Waals surface area contributed by atoms with Gasteiger partial charge in [0.25, 0.3) is 0 Å². The fraction of sp³-hybridized carbons (Fsp3) is 0.355. The van der Waals surface area contributed by atoms with Crippen LogP contribution in [0.25, 0.3) is 21.4 Å². The SMILES string of the molecule is CCOC(=O)c1csc(-c2nc(C(C)O)oc2C)n1.CCOC(=O)c1csc(-c2nc(C(C)OCc3ccccc3)oc2C)n1. The van der Waals surface area contributed by atoms with Crippen molar-refractivity contribution in [3.8, 4) is 21.4 Å². The molecule has 4 aromatic heterocycles. The summed E-state index contributed by atoms with van der Waals surface area (Å²) in [7, 11) is 0. The van der Waals surface area contributed by atoms with Gasteiger partial charge in [0.05, 0.1) is 19.8 Å². The molecule has 2 unspecified atom stereocenters. The quantitative estimate of drug-likeness (QED) is 0.147. The van der Waals surface area contributed by atoms with Crippen LogP contribution in [0.4, 0.5) is 0 Å². The molecular weight excluding hydrogens is 620 g/mol. The van der Waals surface area contributed by atoms with Crippen molar-refractivity contribution in [3.63, 3.8) is 0 Å². The van der Waals surface area contributed by atoms with Crippen molar-refractivity contribution in [1.29, 1.82) is 0 Å². The molecule has 14 heteroatoms. The molecule has 2 atom stereocenters. The number of aliphatic hydroxyl groups is 1. The summed E-state index contributed by atoms with van der Waals surface area (Å²) in [6.45, 7) is 11.6. The highest BCUT2D eigenvalue weighted by atomic mass is 32.1. The maximum atomic E-state index is 11.8. The zero-order chi connectivity index (χ0) is 32.5. The lowest BCUT2D eigenvalue weighted by atomic mass is 10.2. The lowest BCUT2D eigenvalue weighted by Gasteiger charge is -2.09. The van der Waals surface area contributed by atoms with Crippen LogP contribution in [0, 0.1) is 13.8 Å². The monoisotopic (exact) mass is 654 g/mol. The van der Waals surface area contributed by atoms with Gasteiger partial charge in [-0.15, -0.1) is 22.7 Å². The first kappa shape index (κ1) is 33.6. The molecule has 0 amide bonds. The molecule has 0 aliphatic rings.